The molecule has 0 aromatic heterocycles. The van der Waals surface area contributed by atoms with E-state index in [1.807, 2.05) is 0 Å². The predicted octanol–water partition coefficient (Wildman–Crippen LogP) is 13.0. The maximum absolute atomic E-state index is 2.37. The van der Waals surface area contributed by atoms with Crippen molar-refractivity contribution in [2.75, 3.05) is 0 Å². The van der Waals surface area contributed by atoms with Gasteiger partial charge in [0.2, 0.25) is 0 Å². The highest BCUT2D eigenvalue weighted by Crippen LogP contribution is 2.52. The van der Waals surface area contributed by atoms with E-state index >= 15 is 0 Å². The monoisotopic (exact) mass is 578 g/mol. The number of hydrogen-bond donors (Lipinski definition) is 0. The Morgan fingerprint density at radius 1 is 0.196 bits per heavy atom. The van der Waals surface area contributed by atoms with E-state index in [-0.39, 0.29) is 0 Å². The lowest BCUT2D eigenvalue weighted by molar-refractivity contribution is 1.69. The second-order valence-corrected chi connectivity index (χ2v) is 12.7. The Morgan fingerprint density at radius 2 is 0.587 bits per heavy atom. The summed E-state index contributed by atoms with van der Waals surface area (Å²) in [5.41, 5.74) is 10.5. The van der Waals surface area contributed by atoms with Crippen molar-refractivity contribution in [3.8, 4) is 44.5 Å². The first-order valence-electron chi connectivity index (χ1n) is 16.1. The van der Waals surface area contributed by atoms with Crippen molar-refractivity contribution in [3.05, 3.63) is 158 Å². The van der Waals surface area contributed by atoms with Crippen LogP contribution in [-0.2, 0) is 0 Å². The predicted molar refractivity (Wildman–Crippen MR) is 198 cm³/mol. The molecule has 0 unspecified atom stereocenters. The Hall–Kier alpha value is -5.98. The molecule has 0 N–H and O–H groups in total. The van der Waals surface area contributed by atoms with Gasteiger partial charge in [-0.25, -0.2) is 0 Å². The summed E-state index contributed by atoms with van der Waals surface area (Å²) in [5, 5.41) is 15.8. The minimum absolute atomic E-state index is 1.29. The van der Waals surface area contributed by atoms with E-state index in [9.17, 15) is 0 Å². The fourth-order valence-corrected chi connectivity index (χ4v) is 8.69. The maximum atomic E-state index is 2.37. The fraction of sp³-hybridized carbons (Fsp3) is 0. The van der Waals surface area contributed by atoms with Crippen molar-refractivity contribution in [1.29, 1.82) is 0 Å². The zero-order chi connectivity index (χ0) is 29.9. The molecule has 46 heavy (non-hydrogen) atoms. The zero-order valence-electron chi connectivity index (χ0n) is 25.0. The van der Waals surface area contributed by atoms with Crippen LogP contribution in [0.25, 0.3) is 109 Å². The van der Waals surface area contributed by atoms with Gasteiger partial charge in [-0.3, -0.25) is 0 Å². The summed E-state index contributed by atoms with van der Waals surface area (Å²) in [5.74, 6) is 0. The Bertz CT molecular complexity index is 2800. The van der Waals surface area contributed by atoms with Crippen molar-refractivity contribution in [3.63, 3.8) is 0 Å². The highest BCUT2D eigenvalue weighted by molar-refractivity contribution is 6.30. The van der Waals surface area contributed by atoms with E-state index in [4.69, 9.17) is 0 Å². The van der Waals surface area contributed by atoms with Crippen LogP contribution in [0.2, 0.25) is 0 Å². The molecule has 0 nitrogen and oxygen atoms in total. The van der Waals surface area contributed by atoms with Crippen LogP contribution in [0.4, 0.5) is 0 Å². The van der Waals surface area contributed by atoms with Gasteiger partial charge in [-0.15, -0.1) is 0 Å². The number of fused-ring (bicyclic) bond motifs is 5. The van der Waals surface area contributed by atoms with E-state index in [0.717, 1.165) is 0 Å². The smallest absolute Gasteiger partial charge is 0.00201 e. The lowest BCUT2D eigenvalue weighted by atomic mass is 9.82. The van der Waals surface area contributed by atoms with E-state index < -0.39 is 0 Å². The average Bonchev–Trinajstić information content (AvgIpc) is 3.45. The minimum atomic E-state index is 1.29. The van der Waals surface area contributed by atoms with Crippen LogP contribution >= 0.6 is 0 Å². The van der Waals surface area contributed by atoms with Gasteiger partial charge in [0.1, 0.15) is 0 Å². The first-order valence-corrected chi connectivity index (χ1v) is 16.1. The topological polar surface area (TPSA) is 0 Å². The largest absolute Gasteiger partial charge is 0.0616 e. The van der Waals surface area contributed by atoms with Gasteiger partial charge in [-0.2, -0.15) is 0 Å². The van der Waals surface area contributed by atoms with Crippen LogP contribution in [0, 0.1) is 0 Å². The molecule has 0 saturated carbocycles. The van der Waals surface area contributed by atoms with Crippen molar-refractivity contribution < 1.29 is 0 Å². The van der Waals surface area contributed by atoms with E-state index in [2.05, 4.69) is 158 Å². The molecular formula is C46H26. The SMILES string of the molecule is c1ccc2c(c1)-c1cccc3c(-c4c5ccccc5c(-c5ccc6ccc7cccc8ccc5c6c78)c5ccccc45)ccc-2c13. The second-order valence-electron chi connectivity index (χ2n) is 12.7. The molecule has 0 heterocycles. The van der Waals surface area contributed by atoms with E-state index in [1.165, 1.54) is 109 Å². The van der Waals surface area contributed by atoms with Gasteiger partial charge in [0.15, 0.2) is 0 Å². The molecule has 0 radical (unpaired) electrons. The van der Waals surface area contributed by atoms with Gasteiger partial charge < -0.3 is 0 Å². The molecule has 1 aliphatic carbocycles. The Balaban J connectivity index is 1.28. The summed E-state index contributed by atoms with van der Waals surface area (Å²) in [7, 11) is 0. The molecule has 10 aromatic rings. The summed E-state index contributed by atoms with van der Waals surface area (Å²) in [4.78, 5) is 0. The van der Waals surface area contributed by atoms with Gasteiger partial charge in [-0.1, -0.05) is 158 Å². The first kappa shape index (κ1) is 24.4. The highest BCUT2D eigenvalue weighted by Gasteiger charge is 2.25. The van der Waals surface area contributed by atoms with E-state index in [1.54, 1.807) is 0 Å². The third-order valence-electron chi connectivity index (χ3n) is 10.5. The molecule has 0 bridgehead atoms. The normalized spacial score (nSPS) is 12.3. The highest BCUT2D eigenvalue weighted by atomic mass is 14.3. The quantitative estimate of drug-likeness (QED) is 0.141. The standard InChI is InChI=1S/C46H26/c1-2-12-31-30(11-1)32-17-8-18-37-41(26-25-38(31)44(32)37)46-35-15-5-3-13-33(35)45(34-14-4-6-16-36(34)46)40-24-22-29-20-19-27-9-7-10-28-21-23-39(40)43(29)42(27)28/h1-26H. The molecule has 0 atom stereocenters. The van der Waals surface area contributed by atoms with Gasteiger partial charge in [0.05, 0.1) is 0 Å². The molecule has 0 spiro atoms. The van der Waals surface area contributed by atoms with Crippen LogP contribution in [-0.4, -0.2) is 0 Å². The molecular weight excluding hydrogens is 553 g/mol. The molecule has 0 heteroatoms. The molecule has 0 saturated heterocycles. The lowest BCUT2D eigenvalue weighted by Crippen LogP contribution is -1.93. The summed E-state index contributed by atoms with van der Waals surface area (Å²) in [6.07, 6.45) is 0. The van der Waals surface area contributed by atoms with Crippen LogP contribution in [0.15, 0.2) is 158 Å². The zero-order valence-corrected chi connectivity index (χ0v) is 25.0. The fourth-order valence-electron chi connectivity index (χ4n) is 8.69. The Kier molecular flexibility index (Phi) is 4.66. The first-order chi connectivity index (χ1) is 22.8. The lowest BCUT2D eigenvalue weighted by Gasteiger charge is -2.21. The van der Waals surface area contributed by atoms with E-state index in [0.29, 0.717) is 0 Å². The third-order valence-corrected chi connectivity index (χ3v) is 10.5. The third kappa shape index (κ3) is 3.04. The van der Waals surface area contributed by atoms with Crippen LogP contribution in [0.1, 0.15) is 0 Å². The Morgan fingerprint density at radius 3 is 1.22 bits per heavy atom. The second kappa shape index (κ2) is 8.81. The van der Waals surface area contributed by atoms with Crippen molar-refractivity contribution in [2.45, 2.75) is 0 Å². The summed E-state index contributed by atoms with van der Waals surface area (Å²) in [6, 6.07) is 59.0. The van der Waals surface area contributed by atoms with Gasteiger partial charge in [-0.05, 0) is 109 Å². The summed E-state index contributed by atoms with van der Waals surface area (Å²) in [6.45, 7) is 0. The molecule has 0 aliphatic heterocycles. The van der Waals surface area contributed by atoms with Crippen LogP contribution in [0.5, 0.6) is 0 Å². The minimum Gasteiger partial charge on any atom is -0.0616 e. The molecule has 210 valence electrons. The molecule has 0 fully saturated rings. The van der Waals surface area contributed by atoms with Crippen LogP contribution < -0.4 is 0 Å². The maximum Gasteiger partial charge on any atom is -0.00201 e. The molecule has 11 rings (SSSR count). The van der Waals surface area contributed by atoms with Gasteiger partial charge >= 0.3 is 0 Å². The molecule has 1 aliphatic rings. The Labute approximate surface area is 266 Å². The number of rotatable bonds is 2. The average molecular weight is 579 g/mol. The number of hydrogen-bond acceptors (Lipinski definition) is 0. The van der Waals surface area contributed by atoms with Gasteiger partial charge in [0.25, 0.3) is 0 Å². The molecule has 10 aromatic carbocycles. The van der Waals surface area contributed by atoms with Crippen LogP contribution in [0.3, 0.4) is 0 Å². The van der Waals surface area contributed by atoms with Gasteiger partial charge in [0, 0.05) is 0 Å². The van der Waals surface area contributed by atoms with Crippen molar-refractivity contribution in [2.24, 2.45) is 0 Å². The summed E-state index contributed by atoms with van der Waals surface area (Å²) < 4.78 is 0. The van der Waals surface area contributed by atoms with Crippen molar-refractivity contribution in [1.82, 2.24) is 0 Å². The van der Waals surface area contributed by atoms with Crippen molar-refractivity contribution >= 4 is 64.6 Å². The number of benzene rings is 10. The summed E-state index contributed by atoms with van der Waals surface area (Å²) >= 11 is 0. The molecule has 0 amide bonds.